The third kappa shape index (κ3) is 7.38. The molecule has 0 saturated heterocycles. The minimum absolute atomic E-state index is 0. The van der Waals surface area contributed by atoms with Crippen molar-refractivity contribution < 1.29 is 15.0 Å². The van der Waals surface area contributed by atoms with Crippen molar-refractivity contribution in [3.8, 4) is 0 Å². The van der Waals surface area contributed by atoms with Crippen LogP contribution < -0.4 is 11.1 Å². The van der Waals surface area contributed by atoms with E-state index in [2.05, 4.69) is 5.32 Å². The minimum atomic E-state index is -0.889. The summed E-state index contributed by atoms with van der Waals surface area (Å²) in [6.07, 6.45) is -0.0642. The summed E-state index contributed by atoms with van der Waals surface area (Å²) in [5.74, 6) is -0.889. The molecular weight excluding hydrogens is 375 g/mol. The lowest BCUT2D eigenvalue weighted by Crippen LogP contribution is -2.04. The Balaban J connectivity index is 0.000000954. The van der Waals surface area contributed by atoms with Crippen LogP contribution in [0.1, 0.15) is 5.56 Å². The van der Waals surface area contributed by atoms with Gasteiger partial charge in [0.25, 0.3) is 0 Å². The number of carboxylic acids is 1. The predicted molar refractivity (Wildman–Crippen MR) is 101 cm³/mol. The van der Waals surface area contributed by atoms with Gasteiger partial charge in [0.2, 0.25) is 0 Å². The van der Waals surface area contributed by atoms with Crippen LogP contribution in [0.25, 0.3) is 0 Å². The third-order valence-electron chi connectivity index (χ3n) is 2.71. The number of aliphatic hydroxyl groups excluding tert-OH is 1. The second-order valence-corrected chi connectivity index (χ2v) is 5.28. The van der Waals surface area contributed by atoms with E-state index in [1.54, 1.807) is 36.4 Å². The SMILES string of the molecule is Cl.NCCO.O=C(O)Cc1ccccc1Nc1c(Cl)cccc1Cl. The van der Waals surface area contributed by atoms with E-state index in [0.29, 0.717) is 33.5 Å². The number of hydrogen-bond acceptors (Lipinski definition) is 4. The molecular formula is C16H19Cl3N2O3. The van der Waals surface area contributed by atoms with E-state index < -0.39 is 5.97 Å². The molecule has 0 spiro atoms. The van der Waals surface area contributed by atoms with Crippen molar-refractivity contribution in [2.75, 3.05) is 18.5 Å². The number of para-hydroxylation sites is 2. The summed E-state index contributed by atoms with van der Waals surface area (Å²) in [7, 11) is 0. The first-order valence-electron chi connectivity index (χ1n) is 6.81. The number of nitrogens with one attached hydrogen (secondary N) is 1. The maximum absolute atomic E-state index is 10.8. The van der Waals surface area contributed by atoms with Crippen molar-refractivity contribution in [1.29, 1.82) is 0 Å². The minimum Gasteiger partial charge on any atom is -0.481 e. The highest BCUT2D eigenvalue weighted by molar-refractivity contribution is 6.39. The van der Waals surface area contributed by atoms with E-state index in [1.807, 2.05) is 6.07 Å². The first-order valence-corrected chi connectivity index (χ1v) is 7.56. The zero-order chi connectivity index (χ0) is 17.2. The largest absolute Gasteiger partial charge is 0.481 e. The van der Waals surface area contributed by atoms with Gasteiger partial charge in [-0.25, -0.2) is 0 Å². The maximum atomic E-state index is 10.8. The van der Waals surface area contributed by atoms with Crippen LogP contribution in [0.15, 0.2) is 42.5 Å². The number of halogens is 3. The summed E-state index contributed by atoms with van der Waals surface area (Å²) in [4.78, 5) is 10.8. The quantitative estimate of drug-likeness (QED) is 0.621. The number of carboxylic acid groups (broad SMARTS) is 1. The number of aliphatic hydroxyl groups is 1. The molecule has 0 atom stereocenters. The molecule has 0 aliphatic rings. The molecule has 0 heterocycles. The molecule has 0 aliphatic carbocycles. The smallest absolute Gasteiger partial charge is 0.307 e. The number of hydrogen-bond donors (Lipinski definition) is 4. The zero-order valence-electron chi connectivity index (χ0n) is 12.7. The molecule has 0 saturated carbocycles. The van der Waals surface area contributed by atoms with Gasteiger partial charge >= 0.3 is 5.97 Å². The Morgan fingerprint density at radius 2 is 1.62 bits per heavy atom. The maximum Gasteiger partial charge on any atom is 0.307 e. The fourth-order valence-electron chi connectivity index (χ4n) is 1.71. The first-order chi connectivity index (χ1) is 11.0. The predicted octanol–water partition coefficient (Wildman–Crippen LogP) is 3.72. The average Bonchev–Trinajstić information content (AvgIpc) is 2.52. The normalized spacial score (nSPS) is 9.33. The van der Waals surface area contributed by atoms with Crippen LogP contribution in [0.3, 0.4) is 0 Å². The molecule has 0 aliphatic heterocycles. The Morgan fingerprint density at radius 3 is 2.12 bits per heavy atom. The van der Waals surface area contributed by atoms with Crippen molar-refractivity contribution >= 4 is 53.0 Å². The summed E-state index contributed by atoms with van der Waals surface area (Å²) >= 11 is 12.1. The molecule has 0 radical (unpaired) electrons. The molecule has 5 nitrogen and oxygen atoms in total. The summed E-state index contributed by atoms with van der Waals surface area (Å²) in [5.41, 5.74) is 6.70. The number of carbonyl (C=O) groups is 1. The van der Waals surface area contributed by atoms with Crippen LogP contribution in [-0.2, 0) is 11.2 Å². The third-order valence-corrected chi connectivity index (χ3v) is 3.34. The van der Waals surface area contributed by atoms with Gasteiger partial charge < -0.3 is 21.3 Å². The van der Waals surface area contributed by atoms with Gasteiger partial charge in [0, 0.05) is 12.2 Å². The van der Waals surface area contributed by atoms with Crippen molar-refractivity contribution in [1.82, 2.24) is 0 Å². The molecule has 5 N–H and O–H groups in total. The molecule has 8 heteroatoms. The molecule has 0 fully saturated rings. The standard InChI is InChI=1S/C14H11Cl2NO2.C2H7NO.ClH/c15-10-5-3-6-11(16)14(10)17-12-7-2-1-4-9(12)8-13(18)19;3-1-2-4;/h1-7,17H,8H2,(H,18,19);4H,1-3H2;1H. The molecule has 24 heavy (non-hydrogen) atoms. The highest BCUT2D eigenvalue weighted by atomic mass is 35.5. The topological polar surface area (TPSA) is 95.6 Å². The summed E-state index contributed by atoms with van der Waals surface area (Å²) in [5, 5.41) is 20.7. The van der Waals surface area contributed by atoms with Gasteiger partial charge in [0.15, 0.2) is 0 Å². The van der Waals surface area contributed by atoms with Crippen LogP contribution in [0.2, 0.25) is 10.0 Å². The number of aliphatic carboxylic acids is 1. The molecule has 0 bridgehead atoms. The van der Waals surface area contributed by atoms with Gasteiger partial charge in [-0.2, -0.15) is 0 Å². The number of nitrogens with two attached hydrogens (primary N) is 1. The molecule has 0 amide bonds. The van der Waals surface area contributed by atoms with Crippen LogP contribution >= 0.6 is 35.6 Å². The lowest BCUT2D eigenvalue weighted by Gasteiger charge is -2.13. The van der Waals surface area contributed by atoms with Gasteiger partial charge in [-0.1, -0.05) is 47.5 Å². The van der Waals surface area contributed by atoms with Crippen molar-refractivity contribution in [3.63, 3.8) is 0 Å². The lowest BCUT2D eigenvalue weighted by atomic mass is 10.1. The van der Waals surface area contributed by atoms with Gasteiger partial charge in [0.1, 0.15) is 0 Å². The Labute approximate surface area is 156 Å². The molecule has 2 rings (SSSR count). The molecule has 132 valence electrons. The Bertz CT molecular complexity index is 632. The van der Waals surface area contributed by atoms with Crippen LogP contribution in [0.5, 0.6) is 0 Å². The Morgan fingerprint density at radius 1 is 1.08 bits per heavy atom. The molecule has 2 aromatic carbocycles. The van der Waals surface area contributed by atoms with Gasteiger partial charge in [-0.15, -0.1) is 12.4 Å². The average molecular weight is 394 g/mol. The highest BCUT2D eigenvalue weighted by Gasteiger charge is 2.10. The summed E-state index contributed by atoms with van der Waals surface area (Å²) < 4.78 is 0. The van der Waals surface area contributed by atoms with Crippen LogP contribution in [-0.4, -0.2) is 29.3 Å². The fraction of sp³-hybridized carbons (Fsp3) is 0.188. The number of benzene rings is 2. The van der Waals surface area contributed by atoms with E-state index in [4.69, 9.17) is 39.1 Å². The molecule has 0 unspecified atom stereocenters. The van der Waals surface area contributed by atoms with Crippen molar-refractivity contribution in [2.24, 2.45) is 5.73 Å². The van der Waals surface area contributed by atoms with E-state index >= 15 is 0 Å². The molecule has 2 aromatic rings. The van der Waals surface area contributed by atoms with E-state index in [0.717, 1.165) is 0 Å². The highest BCUT2D eigenvalue weighted by Crippen LogP contribution is 2.33. The Hall–Kier alpha value is -1.50. The first kappa shape index (κ1) is 22.5. The monoisotopic (exact) mass is 392 g/mol. The van der Waals surface area contributed by atoms with E-state index in [9.17, 15) is 4.79 Å². The van der Waals surface area contributed by atoms with Crippen LogP contribution in [0.4, 0.5) is 11.4 Å². The number of rotatable bonds is 5. The second kappa shape index (κ2) is 11.9. The Kier molecular flexibility index (Phi) is 11.2. The summed E-state index contributed by atoms with van der Waals surface area (Å²) in [6, 6.07) is 12.3. The lowest BCUT2D eigenvalue weighted by molar-refractivity contribution is -0.136. The van der Waals surface area contributed by atoms with E-state index in [-0.39, 0.29) is 25.4 Å². The van der Waals surface area contributed by atoms with E-state index in [1.165, 1.54) is 0 Å². The second-order valence-electron chi connectivity index (χ2n) is 4.46. The van der Waals surface area contributed by atoms with Gasteiger partial charge in [-0.3, -0.25) is 4.79 Å². The summed E-state index contributed by atoms with van der Waals surface area (Å²) in [6.45, 7) is 0.472. The van der Waals surface area contributed by atoms with Crippen LogP contribution in [0, 0.1) is 0 Å². The zero-order valence-corrected chi connectivity index (χ0v) is 15.0. The van der Waals surface area contributed by atoms with Crippen molar-refractivity contribution in [2.45, 2.75) is 6.42 Å². The van der Waals surface area contributed by atoms with Crippen molar-refractivity contribution in [3.05, 3.63) is 58.1 Å². The van der Waals surface area contributed by atoms with Gasteiger partial charge in [-0.05, 0) is 23.8 Å². The van der Waals surface area contributed by atoms with Gasteiger partial charge in [0.05, 0.1) is 28.8 Å². The fourth-order valence-corrected chi connectivity index (χ4v) is 2.20. The molecule has 0 aromatic heterocycles. The number of anilines is 2.